The number of hydrogen-bond donors (Lipinski definition) is 3. The summed E-state index contributed by atoms with van der Waals surface area (Å²) in [6.07, 6.45) is 3.74. The van der Waals surface area contributed by atoms with Crippen LogP contribution in [0.5, 0.6) is 5.88 Å². The molecule has 150 valence electrons. The summed E-state index contributed by atoms with van der Waals surface area (Å²) in [5, 5.41) is 20.8. The first-order valence-electron chi connectivity index (χ1n) is 9.57. The summed E-state index contributed by atoms with van der Waals surface area (Å²) in [7, 11) is 0. The molecule has 1 aliphatic rings. The molecule has 3 N–H and O–H groups in total. The van der Waals surface area contributed by atoms with Crippen molar-refractivity contribution in [3.05, 3.63) is 68.4 Å². The predicted molar refractivity (Wildman–Crippen MR) is 118 cm³/mol. The third kappa shape index (κ3) is 4.27. The number of benzene rings is 2. The molecule has 29 heavy (non-hydrogen) atoms. The van der Waals surface area contributed by atoms with E-state index in [1.54, 1.807) is 24.4 Å². The molecule has 1 saturated heterocycles. The maximum Gasteiger partial charge on any atom is 0.258 e. The Morgan fingerprint density at radius 2 is 2.00 bits per heavy atom. The molecular formula is C22H22BrN3O3. The first-order chi connectivity index (χ1) is 14.0. The minimum Gasteiger partial charge on any atom is -0.494 e. The van der Waals surface area contributed by atoms with Crippen LogP contribution in [0.1, 0.15) is 24.0 Å². The van der Waals surface area contributed by atoms with Crippen molar-refractivity contribution in [2.75, 3.05) is 13.2 Å². The lowest BCUT2D eigenvalue weighted by atomic mass is 10.1. The van der Waals surface area contributed by atoms with Gasteiger partial charge in [-0.05, 0) is 55.3 Å². The number of nitrogens with one attached hydrogen (secondary N) is 1. The molecule has 1 aliphatic heterocycles. The Morgan fingerprint density at radius 1 is 1.21 bits per heavy atom. The van der Waals surface area contributed by atoms with Gasteiger partial charge in [0.2, 0.25) is 5.88 Å². The number of aliphatic imine (C=N–C) groups is 1. The molecule has 0 unspecified atom stereocenters. The van der Waals surface area contributed by atoms with Crippen LogP contribution < -0.4 is 5.56 Å². The van der Waals surface area contributed by atoms with Crippen molar-refractivity contribution < 1.29 is 10.2 Å². The Morgan fingerprint density at radius 3 is 2.76 bits per heavy atom. The summed E-state index contributed by atoms with van der Waals surface area (Å²) in [6.45, 7) is 2.03. The third-order valence-electron chi connectivity index (χ3n) is 5.38. The Bertz CT molecular complexity index is 1110. The van der Waals surface area contributed by atoms with Gasteiger partial charge in [0.25, 0.3) is 5.56 Å². The number of pyridine rings is 1. The number of hydrogen-bond acceptors (Lipinski definition) is 5. The van der Waals surface area contributed by atoms with Crippen LogP contribution in [-0.4, -0.2) is 45.5 Å². The lowest BCUT2D eigenvalue weighted by molar-refractivity contribution is 0.153. The molecule has 2 aromatic carbocycles. The van der Waals surface area contributed by atoms with Gasteiger partial charge in [0, 0.05) is 34.0 Å². The van der Waals surface area contributed by atoms with Crippen molar-refractivity contribution in [2.24, 2.45) is 4.99 Å². The third-order valence-corrected chi connectivity index (χ3v) is 5.87. The molecule has 4 rings (SSSR count). The van der Waals surface area contributed by atoms with Gasteiger partial charge in [-0.15, -0.1) is 0 Å². The maximum absolute atomic E-state index is 12.1. The Hall–Kier alpha value is -2.48. The highest BCUT2D eigenvalue weighted by Crippen LogP contribution is 2.25. The van der Waals surface area contributed by atoms with Gasteiger partial charge in [0.15, 0.2) is 0 Å². The summed E-state index contributed by atoms with van der Waals surface area (Å²) in [6, 6.07) is 13.5. The fraction of sp³-hybridized carbons (Fsp3) is 0.273. The van der Waals surface area contributed by atoms with Gasteiger partial charge in [-0.2, -0.15) is 0 Å². The number of rotatable bonds is 5. The first-order valence-corrected chi connectivity index (χ1v) is 10.4. The van der Waals surface area contributed by atoms with Crippen LogP contribution in [0.2, 0.25) is 0 Å². The predicted octanol–water partition coefficient (Wildman–Crippen LogP) is 3.70. The van der Waals surface area contributed by atoms with Gasteiger partial charge in [-0.1, -0.05) is 28.1 Å². The van der Waals surface area contributed by atoms with Crippen molar-refractivity contribution in [3.63, 3.8) is 0 Å². The van der Waals surface area contributed by atoms with Gasteiger partial charge in [0.05, 0.1) is 17.9 Å². The second-order valence-electron chi connectivity index (χ2n) is 7.28. The van der Waals surface area contributed by atoms with Crippen LogP contribution in [0.15, 0.2) is 56.7 Å². The summed E-state index contributed by atoms with van der Waals surface area (Å²) in [5.74, 6) is -0.204. The Kier molecular flexibility index (Phi) is 5.80. The van der Waals surface area contributed by atoms with E-state index in [4.69, 9.17) is 0 Å². The molecule has 1 atom stereocenters. The smallest absolute Gasteiger partial charge is 0.258 e. The highest BCUT2D eigenvalue weighted by Gasteiger charge is 2.23. The molecule has 1 aromatic heterocycles. The highest BCUT2D eigenvalue weighted by atomic mass is 79.9. The summed E-state index contributed by atoms with van der Waals surface area (Å²) in [4.78, 5) is 21.3. The van der Waals surface area contributed by atoms with Crippen LogP contribution in [0.3, 0.4) is 0 Å². The van der Waals surface area contributed by atoms with Crippen molar-refractivity contribution in [1.29, 1.82) is 0 Å². The quantitative estimate of drug-likeness (QED) is 0.511. The number of aliphatic hydroxyl groups excluding tert-OH is 1. The second kappa shape index (κ2) is 8.49. The van der Waals surface area contributed by atoms with E-state index in [1.807, 2.05) is 24.3 Å². The Labute approximate surface area is 176 Å². The van der Waals surface area contributed by atoms with Crippen LogP contribution in [0.25, 0.3) is 10.8 Å². The maximum atomic E-state index is 12.1. The van der Waals surface area contributed by atoms with Crippen LogP contribution in [0, 0.1) is 0 Å². The summed E-state index contributed by atoms with van der Waals surface area (Å²) < 4.78 is 0.817. The van der Waals surface area contributed by atoms with Crippen molar-refractivity contribution in [2.45, 2.75) is 25.4 Å². The van der Waals surface area contributed by atoms with Gasteiger partial charge in [0.1, 0.15) is 0 Å². The Balaban J connectivity index is 1.57. The van der Waals surface area contributed by atoms with E-state index in [1.165, 1.54) is 5.56 Å². The monoisotopic (exact) mass is 455 g/mol. The topological polar surface area (TPSA) is 88.9 Å². The van der Waals surface area contributed by atoms with E-state index in [0.29, 0.717) is 16.3 Å². The molecule has 0 bridgehead atoms. The number of aromatic hydroxyl groups is 1. The van der Waals surface area contributed by atoms with Crippen LogP contribution in [0.4, 0.5) is 5.69 Å². The number of H-pyrrole nitrogens is 1. The molecule has 0 radical (unpaired) electrons. The fourth-order valence-electron chi connectivity index (χ4n) is 3.81. The van der Waals surface area contributed by atoms with E-state index < -0.39 is 0 Å². The number of fused-ring (bicyclic) bond motifs is 1. The average molecular weight is 456 g/mol. The highest BCUT2D eigenvalue weighted by molar-refractivity contribution is 9.10. The number of nitrogens with zero attached hydrogens (tertiary/aromatic N) is 2. The van der Waals surface area contributed by atoms with Crippen molar-refractivity contribution in [3.8, 4) is 5.88 Å². The van der Waals surface area contributed by atoms with Crippen LogP contribution in [-0.2, 0) is 6.54 Å². The van der Waals surface area contributed by atoms with E-state index in [-0.39, 0.29) is 24.1 Å². The standard InChI is InChI=1S/C22H22BrN3O3/c23-15-5-8-18-19(10-15)20(22(29)25-21(18)28)11-24-16-6-3-14(4-7-16)12-26-9-1-2-17(26)13-27/h3-8,10-11,17,27H,1-2,9,12-13H2,(H2,25,28,29)/t17-/m0/s1. The lowest BCUT2D eigenvalue weighted by Gasteiger charge is -2.22. The number of aromatic nitrogens is 1. The average Bonchev–Trinajstić information content (AvgIpc) is 3.16. The molecule has 7 heteroatoms. The zero-order chi connectivity index (χ0) is 20.4. The number of halogens is 1. The summed E-state index contributed by atoms with van der Waals surface area (Å²) >= 11 is 3.41. The minimum atomic E-state index is -0.338. The zero-order valence-corrected chi connectivity index (χ0v) is 17.4. The second-order valence-corrected chi connectivity index (χ2v) is 8.20. The first kappa shape index (κ1) is 19.8. The fourth-order valence-corrected chi connectivity index (χ4v) is 4.17. The molecular weight excluding hydrogens is 434 g/mol. The molecule has 3 aromatic rings. The molecule has 0 aliphatic carbocycles. The van der Waals surface area contributed by atoms with Crippen molar-refractivity contribution in [1.82, 2.24) is 9.88 Å². The molecule has 0 saturated carbocycles. The summed E-state index contributed by atoms with van der Waals surface area (Å²) in [5.41, 5.74) is 2.05. The normalized spacial score (nSPS) is 17.5. The number of likely N-dealkylation sites (tertiary alicyclic amines) is 1. The molecule has 0 spiro atoms. The van der Waals surface area contributed by atoms with E-state index in [2.05, 4.69) is 30.8 Å². The van der Waals surface area contributed by atoms with E-state index in [0.717, 1.165) is 36.1 Å². The zero-order valence-electron chi connectivity index (χ0n) is 15.8. The van der Waals surface area contributed by atoms with Crippen LogP contribution >= 0.6 is 15.9 Å². The van der Waals surface area contributed by atoms with E-state index >= 15 is 0 Å². The molecule has 1 fully saturated rings. The SMILES string of the molecule is O=c1[nH]c(O)c(C=Nc2ccc(CN3CCC[C@H]3CO)cc2)c2cc(Br)ccc12. The number of aromatic amines is 1. The van der Waals surface area contributed by atoms with Gasteiger partial charge < -0.3 is 10.2 Å². The molecule has 6 nitrogen and oxygen atoms in total. The van der Waals surface area contributed by atoms with Crippen molar-refractivity contribution >= 4 is 38.6 Å². The largest absolute Gasteiger partial charge is 0.494 e. The van der Waals surface area contributed by atoms with Gasteiger partial charge in [-0.3, -0.25) is 19.7 Å². The lowest BCUT2D eigenvalue weighted by Crippen LogP contribution is -2.31. The number of aliphatic hydroxyl groups is 1. The molecule has 2 heterocycles. The van der Waals surface area contributed by atoms with Gasteiger partial charge in [-0.25, -0.2) is 0 Å². The molecule has 0 amide bonds. The van der Waals surface area contributed by atoms with E-state index in [9.17, 15) is 15.0 Å². The van der Waals surface area contributed by atoms with Gasteiger partial charge >= 0.3 is 0 Å². The minimum absolute atomic E-state index is 0.203.